The van der Waals surface area contributed by atoms with Crippen molar-refractivity contribution in [3.05, 3.63) is 46.7 Å². The fraction of sp³-hybridized carbons (Fsp3) is 0.471. The number of rotatable bonds is 5. The van der Waals surface area contributed by atoms with Gasteiger partial charge < -0.3 is 4.74 Å². The lowest BCUT2D eigenvalue weighted by atomic mass is 10.2. The van der Waals surface area contributed by atoms with Crippen LogP contribution in [0.25, 0.3) is 0 Å². The summed E-state index contributed by atoms with van der Waals surface area (Å²) in [6.07, 6.45) is 0. The van der Waals surface area contributed by atoms with Crippen molar-refractivity contribution in [2.45, 2.75) is 33.1 Å². The highest BCUT2D eigenvalue weighted by Gasteiger charge is 2.34. The Kier molecular flexibility index (Phi) is 5.01. The number of carbonyl (C=O) groups is 1. The molecule has 0 N–H and O–H groups in total. The highest BCUT2D eigenvalue weighted by Crippen LogP contribution is 2.28. The van der Waals surface area contributed by atoms with E-state index in [1.807, 2.05) is 13.0 Å². The number of carbonyl (C=O) groups excluding carboxylic acids is 1. The fourth-order valence-corrected chi connectivity index (χ4v) is 4.53. The summed E-state index contributed by atoms with van der Waals surface area (Å²) in [5.74, 6) is -0.120. The van der Waals surface area contributed by atoms with Crippen LogP contribution in [0.3, 0.4) is 0 Å². The maximum Gasteiger partial charge on any atom is 0.334 e. The molecular formula is C17H25NO2Si. The van der Waals surface area contributed by atoms with Crippen molar-refractivity contribution in [3.8, 4) is 0 Å². The Balaban J connectivity index is 2.14. The van der Waals surface area contributed by atoms with Crippen LogP contribution in [-0.4, -0.2) is 38.6 Å². The first-order valence-electron chi connectivity index (χ1n) is 7.57. The monoisotopic (exact) mass is 303 g/mol. The average molecular weight is 303 g/mol. The van der Waals surface area contributed by atoms with Gasteiger partial charge in [0.1, 0.15) is 0 Å². The van der Waals surface area contributed by atoms with Gasteiger partial charge in [-0.05, 0) is 12.5 Å². The molecule has 0 saturated heterocycles. The Morgan fingerprint density at radius 1 is 1.19 bits per heavy atom. The molecule has 1 aromatic carbocycles. The highest BCUT2D eigenvalue weighted by molar-refractivity contribution is 6.83. The molecule has 114 valence electrons. The minimum atomic E-state index is -1.50. The molecule has 0 aliphatic carbocycles. The second-order valence-corrected chi connectivity index (χ2v) is 11.7. The van der Waals surface area contributed by atoms with Gasteiger partial charge in [-0.25, -0.2) is 4.79 Å². The molecule has 0 fully saturated rings. The van der Waals surface area contributed by atoms with E-state index in [1.54, 1.807) is 0 Å². The lowest BCUT2D eigenvalue weighted by molar-refractivity contribution is -0.138. The molecule has 0 spiro atoms. The number of esters is 1. The molecular weight excluding hydrogens is 278 g/mol. The lowest BCUT2D eigenvalue weighted by Crippen LogP contribution is -2.29. The SMILES string of the molecule is CCOC(=O)C1=C([Si](C)(C)C)CN(Cc2ccccc2)C1. The summed E-state index contributed by atoms with van der Waals surface area (Å²) in [4.78, 5) is 14.6. The zero-order valence-electron chi connectivity index (χ0n) is 13.5. The minimum absolute atomic E-state index is 0.120. The first-order chi connectivity index (χ1) is 9.91. The van der Waals surface area contributed by atoms with Gasteiger partial charge in [-0.2, -0.15) is 0 Å². The summed E-state index contributed by atoms with van der Waals surface area (Å²) < 4.78 is 5.25. The molecule has 3 nitrogen and oxygen atoms in total. The number of benzene rings is 1. The van der Waals surface area contributed by atoms with Gasteiger partial charge in [0.05, 0.1) is 14.7 Å². The van der Waals surface area contributed by atoms with Crippen molar-refractivity contribution in [1.82, 2.24) is 4.90 Å². The Hall–Kier alpha value is -1.39. The van der Waals surface area contributed by atoms with Crippen LogP contribution in [0.15, 0.2) is 41.1 Å². The zero-order chi connectivity index (χ0) is 15.5. The summed E-state index contributed by atoms with van der Waals surface area (Å²) in [5.41, 5.74) is 2.20. The Morgan fingerprint density at radius 3 is 2.43 bits per heavy atom. The molecule has 21 heavy (non-hydrogen) atoms. The van der Waals surface area contributed by atoms with Gasteiger partial charge in [-0.3, -0.25) is 4.90 Å². The highest BCUT2D eigenvalue weighted by atomic mass is 28.3. The van der Waals surface area contributed by atoms with Crippen molar-refractivity contribution in [2.75, 3.05) is 19.7 Å². The largest absolute Gasteiger partial charge is 0.463 e. The maximum atomic E-state index is 12.2. The molecule has 1 heterocycles. The second-order valence-electron chi connectivity index (χ2n) is 6.56. The lowest BCUT2D eigenvalue weighted by Gasteiger charge is -2.21. The first-order valence-corrected chi connectivity index (χ1v) is 11.1. The molecule has 0 saturated carbocycles. The molecule has 4 heteroatoms. The molecule has 0 amide bonds. The van der Waals surface area contributed by atoms with E-state index in [0.29, 0.717) is 13.2 Å². The van der Waals surface area contributed by atoms with Crippen LogP contribution in [0.1, 0.15) is 12.5 Å². The van der Waals surface area contributed by atoms with Crippen LogP contribution < -0.4 is 0 Å². The number of hydrogen-bond acceptors (Lipinski definition) is 3. The molecule has 0 aromatic heterocycles. The van der Waals surface area contributed by atoms with Gasteiger partial charge >= 0.3 is 5.97 Å². The zero-order valence-corrected chi connectivity index (χ0v) is 14.5. The number of ether oxygens (including phenoxy) is 1. The van der Waals surface area contributed by atoms with Crippen LogP contribution in [0.4, 0.5) is 0 Å². The summed E-state index contributed by atoms with van der Waals surface area (Å²) in [5, 5.41) is 1.34. The van der Waals surface area contributed by atoms with Crippen LogP contribution in [-0.2, 0) is 16.1 Å². The first kappa shape index (κ1) is 16.0. The third-order valence-corrected chi connectivity index (χ3v) is 6.07. The van der Waals surface area contributed by atoms with Crippen molar-refractivity contribution >= 4 is 14.0 Å². The third kappa shape index (κ3) is 4.05. The van der Waals surface area contributed by atoms with Crippen LogP contribution in [0.5, 0.6) is 0 Å². The van der Waals surface area contributed by atoms with Gasteiger partial charge in [0.2, 0.25) is 0 Å². The second kappa shape index (κ2) is 6.58. The van der Waals surface area contributed by atoms with Gasteiger partial charge in [0.25, 0.3) is 0 Å². The molecule has 2 rings (SSSR count). The molecule has 1 aromatic rings. The summed E-state index contributed by atoms with van der Waals surface area (Å²) >= 11 is 0. The standard InChI is InChI=1S/C17H25NO2Si/c1-5-20-17(19)15-12-18(13-16(15)21(2,3)4)11-14-9-7-6-8-10-14/h6-10H,5,11-13H2,1-4H3. The van der Waals surface area contributed by atoms with Crippen LogP contribution in [0.2, 0.25) is 19.6 Å². The van der Waals surface area contributed by atoms with Gasteiger partial charge in [0, 0.05) is 25.2 Å². The molecule has 0 radical (unpaired) electrons. The van der Waals surface area contributed by atoms with E-state index in [4.69, 9.17) is 4.74 Å². The van der Waals surface area contributed by atoms with Crippen LogP contribution >= 0.6 is 0 Å². The quantitative estimate of drug-likeness (QED) is 0.618. The predicted molar refractivity (Wildman–Crippen MR) is 88.7 cm³/mol. The molecule has 1 aliphatic rings. The molecule has 0 atom stereocenters. The Labute approximate surface area is 128 Å². The Morgan fingerprint density at radius 2 is 1.86 bits per heavy atom. The van der Waals surface area contributed by atoms with E-state index < -0.39 is 8.07 Å². The van der Waals surface area contributed by atoms with Gasteiger partial charge in [-0.15, -0.1) is 0 Å². The maximum absolute atomic E-state index is 12.2. The summed E-state index contributed by atoms with van der Waals surface area (Å²) in [6, 6.07) is 10.4. The summed E-state index contributed by atoms with van der Waals surface area (Å²) in [7, 11) is -1.50. The Bertz CT molecular complexity index is 531. The van der Waals surface area contributed by atoms with Crippen LogP contribution in [0, 0.1) is 0 Å². The smallest absolute Gasteiger partial charge is 0.334 e. The molecule has 1 aliphatic heterocycles. The van der Waals surface area contributed by atoms with E-state index in [2.05, 4.69) is 48.8 Å². The molecule has 0 bridgehead atoms. The van der Waals surface area contributed by atoms with E-state index in [-0.39, 0.29) is 5.97 Å². The third-order valence-electron chi connectivity index (χ3n) is 3.80. The van der Waals surface area contributed by atoms with E-state index in [9.17, 15) is 4.79 Å². The predicted octanol–water partition coefficient (Wildman–Crippen LogP) is 3.24. The molecule has 0 unspecified atom stereocenters. The number of nitrogens with zero attached hydrogens (tertiary/aromatic N) is 1. The van der Waals surface area contributed by atoms with E-state index in [0.717, 1.165) is 18.7 Å². The van der Waals surface area contributed by atoms with Crippen molar-refractivity contribution in [3.63, 3.8) is 0 Å². The normalized spacial score (nSPS) is 16.4. The van der Waals surface area contributed by atoms with Crippen molar-refractivity contribution in [2.24, 2.45) is 0 Å². The minimum Gasteiger partial charge on any atom is -0.463 e. The van der Waals surface area contributed by atoms with E-state index in [1.165, 1.54) is 10.8 Å². The van der Waals surface area contributed by atoms with E-state index >= 15 is 0 Å². The van der Waals surface area contributed by atoms with Gasteiger partial charge in [0.15, 0.2) is 0 Å². The number of hydrogen-bond donors (Lipinski definition) is 0. The topological polar surface area (TPSA) is 29.5 Å². The summed E-state index contributed by atoms with van der Waals surface area (Å²) in [6.45, 7) is 11.7. The van der Waals surface area contributed by atoms with Gasteiger partial charge in [-0.1, -0.05) is 55.2 Å². The van der Waals surface area contributed by atoms with Crippen molar-refractivity contribution in [1.29, 1.82) is 0 Å². The average Bonchev–Trinajstić information content (AvgIpc) is 2.84. The van der Waals surface area contributed by atoms with Crippen molar-refractivity contribution < 1.29 is 9.53 Å². The fourth-order valence-electron chi connectivity index (χ4n) is 2.74.